The number of rotatable bonds is 3. The number of benzene rings is 1. The molecule has 0 bridgehead atoms. The van der Waals surface area contributed by atoms with Crippen molar-refractivity contribution >= 4 is 33.3 Å². The van der Waals surface area contributed by atoms with Gasteiger partial charge in [0.05, 0.1) is 17.8 Å². The molecule has 0 amide bonds. The van der Waals surface area contributed by atoms with Crippen LogP contribution in [0, 0.1) is 0 Å². The van der Waals surface area contributed by atoms with Crippen molar-refractivity contribution in [1.29, 1.82) is 0 Å². The Hall–Kier alpha value is -1.23. The average molecular weight is 299 g/mol. The van der Waals surface area contributed by atoms with E-state index in [0.29, 0.717) is 6.54 Å². The van der Waals surface area contributed by atoms with Gasteiger partial charge in [-0.1, -0.05) is 15.9 Å². The lowest BCUT2D eigenvalue weighted by Crippen LogP contribution is -2.26. The minimum absolute atomic E-state index is 0.173. The van der Waals surface area contributed by atoms with Gasteiger partial charge in [0, 0.05) is 24.1 Å². The molecule has 2 N–H and O–H groups in total. The van der Waals surface area contributed by atoms with Gasteiger partial charge in [0.2, 0.25) is 0 Å². The van der Waals surface area contributed by atoms with Gasteiger partial charge in [-0.3, -0.25) is 4.79 Å². The van der Waals surface area contributed by atoms with Crippen LogP contribution in [0.25, 0.3) is 0 Å². The van der Waals surface area contributed by atoms with Crippen LogP contribution in [-0.2, 0) is 4.79 Å². The second-order valence-corrected chi connectivity index (χ2v) is 4.99. The number of nitrogens with zero attached hydrogens (tertiary/aromatic N) is 1. The summed E-state index contributed by atoms with van der Waals surface area (Å²) < 4.78 is 1.01. The number of hydrogen-bond donors (Lipinski definition) is 2. The Morgan fingerprint density at radius 1 is 1.53 bits per heavy atom. The smallest absolute Gasteiger partial charge is 0.305 e. The zero-order valence-electron chi connectivity index (χ0n) is 9.45. The molecule has 0 fully saturated rings. The number of nitrogens with one attached hydrogen (secondary N) is 1. The first kappa shape index (κ1) is 12.2. The van der Waals surface area contributed by atoms with Crippen LogP contribution in [0.5, 0.6) is 0 Å². The predicted molar refractivity (Wildman–Crippen MR) is 71.7 cm³/mol. The highest BCUT2D eigenvalue weighted by Gasteiger charge is 2.15. The van der Waals surface area contributed by atoms with Crippen molar-refractivity contribution in [2.24, 2.45) is 0 Å². The van der Waals surface area contributed by atoms with Gasteiger partial charge in [-0.15, -0.1) is 0 Å². The zero-order valence-corrected chi connectivity index (χ0v) is 11.0. The second-order valence-electron chi connectivity index (χ2n) is 4.07. The molecule has 0 radical (unpaired) electrons. The van der Waals surface area contributed by atoms with Crippen molar-refractivity contribution < 1.29 is 9.90 Å². The van der Waals surface area contributed by atoms with Crippen LogP contribution in [0.1, 0.15) is 12.8 Å². The van der Waals surface area contributed by atoms with E-state index in [-0.39, 0.29) is 6.42 Å². The number of carbonyl (C=O) groups is 1. The summed E-state index contributed by atoms with van der Waals surface area (Å²) in [7, 11) is 0. The molecule has 1 aliphatic rings. The number of hydrogen-bond acceptors (Lipinski definition) is 3. The molecule has 0 saturated carbocycles. The monoisotopic (exact) mass is 298 g/mol. The van der Waals surface area contributed by atoms with E-state index in [2.05, 4.69) is 26.1 Å². The Balaban J connectivity index is 2.22. The van der Waals surface area contributed by atoms with Gasteiger partial charge in [-0.05, 0) is 24.6 Å². The lowest BCUT2D eigenvalue weighted by atomic mass is 10.2. The highest BCUT2D eigenvalue weighted by atomic mass is 79.9. The molecular formula is C12H15BrN2O2. The molecule has 92 valence electrons. The van der Waals surface area contributed by atoms with E-state index in [1.165, 1.54) is 0 Å². The first-order chi connectivity index (χ1) is 8.16. The normalized spacial score (nSPS) is 14.8. The average Bonchev–Trinajstić information content (AvgIpc) is 2.48. The summed E-state index contributed by atoms with van der Waals surface area (Å²) in [5.41, 5.74) is 2.16. The van der Waals surface area contributed by atoms with Gasteiger partial charge in [0.15, 0.2) is 0 Å². The molecule has 1 heterocycles. The fourth-order valence-electron chi connectivity index (χ4n) is 1.99. The van der Waals surface area contributed by atoms with Crippen molar-refractivity contribution in [3.8, 4) is 0 Å². The zero-order chi connectivity index (χ0) is 12.3. The molecule has 1 aromatic carbocycles. The summed E-state index contributed by atoms with van der Waals surface area (Å²) in [5.74, 6) is -0.751. The topological polar surface area (TPSA) is 52.6 Å². The minimum Gasteiger partial charge on any atom is -0.481 e. The first-order valence-electron chi connectivity index (χ1n) is 5.67. The van der Waals surface area contributed by atoms with Gasteiger partial charge in [-0.2, -0.15) is 0 Å². The summed E-state index contributed by atoms with van der Waals surface area (Å²) >= 11 is 3.45. The van der Waals surface area contributed by atoms with Crippen LogP contribution < -0.4 is 10.2 Å². The third-order valence-electron chi connectivity index (χ3n) is 2.82. The van der Waals surface area contributed by atoms with E-state index in [4.69, 9.17) is 5.11 Å². The van der Waals surface area contributed by atoms with E-state index < -0.39 is 5.97 Å². The summed E-state index contributed by atoms with van der Waals surface area (Å²) in [6.07, 6.45) is 1.19. The molecule has 1 aromatic rings. The summed E-state index contributed by atoms with van der Waals surface area (Å²) in [5, 5.41) is 12.1. The molecule has 0 saturated heterocycles. The second kappa shape index (κ2) is 5.40. The Kier molecular flexibility index (Phi) is 3.89. The lowest BCUT2D eigenvalue weighted by molar-refractivity contribution is -0.136. The number of carboxylic acid groups (broad SMARTS) is 1. The molecule has 0 aliphatic carbocycles. The van der Waals surface area contributed by atoms with Gasteiger partial charge in [0.25, 0.3) is 0 Å². The maximum absolute atomic E-state index is 10.7. The Labute approximate surface area is 109 Å². The molecule has 17 heavy (non-hydrogen) atoms. The molecule has 0 spiro atoms. The maximum atomic E-state index is 10.7. The highest BCUT2D eigenvalue weighted by Crippen LogP contribution is 2.31. The molecule has 2 rings (SSSR count). The predicted octanol–water partition coefficient (Wildman–Crippen LogP) is 2.55. The maximum Gasteiger partial charge on any atom is 0.305 e. The first-order valence-corrected chi connectivity index (χ1v) is 6.46. The summed E-state index contributed by atoms with van der Waals surface area (Å²) in [6, 6.07) is 6.06. The van der Waals surface area contributed by atoms with Crippen LogP contribution in [-0.4, -0.2) is 30.7 Å². The largest absolute Gasteiger partial charge is 0.481 e. The number of carboxylic acids is 1. The summed E-state index contributed by atoms with van der Waals surface area (Å²) in [6.45, 7) is 2.38. The van der Waals surface area contributed by atoms with Crippen molar-refractivity contribution in [1.82, 2.24) is 0 Å². The fourth-order valence-corrected chi connectivity index (χ4v) is 2.34. The van der Waals surface area contributed by atoms with Crippen LogP contribution in [0.2, 0.25) is 0 Å². The third-order valence-corrected chi connectivity index (χ3v) is 3.31. The molecule has 5 heteroatoms. The van der Waals surface area contributed by atoms with Crippen molar-refractivity contribution in [2.45, 2.75) is 12.8 Å². The SMILES string of the molecule is O=C(O)CCN1CCCNc2ccc(Br)cc21. The molecule has 1 aliphatic heterocycles. The van der Waals surface area contributed by atoms with Crippen molar-refractivity contribution in [3.05, 3.63) is 22.7 Å². The third kappa shape index (κ3) is 3.12. The molecule has 0 unspecified atom stereocenters. The standard InChI is InChI=1S/C12H15BrN2O2/c13-9-2-3-10-11(8-9)15(6-1-5-14-10)7-4-12(16)17/h2-3,8,14H,1,4-7H2,(H,16,17). The highest BCUT2D eigenvalue weighted by molar-refractivity contribution is 9.10. The Morgan fingerprint density at radius 2 is 2.35 bits per heavy atom. The quantitative estimate of drug-likeness (QED) is 0.900. The van der Waals surface area contributed by atoms with E-state index in [1.807, 2.05) is 18.2 Å². The van der Waals surface area contributed by atoms with Gasteiger partial charge < -0.3 is 15.3 Å². The van der Waals surface area contributed by atoms with Crippen LogP contribution in [0.15, 0.2) is 22.7 Å². The van der Waals surface area contributed by atoms with E-state index >= 15 is 0 Å². The van der Waals surface area contributed by atoms with E-state index in [9.17, 15) is 4.79 Å². The van der Waals surface area contributed by atoms with Gasteiger partial charge in [-0.25, -0.2) is 0 Å². The minimum atomic E-state index is -0.751. The number of fused-ring (bicyclic) bond motifs is 1. The van der Waals surface area contributed by atoms with E-state index in [1.54, 1.807) is 0 Å². The van der Waals surface area contributed by atoms with Crippen LogP contribution >= 0.6 is 15.9 Å². The Morgan fingerprint density at radius 3 is 3.12 bits per heavy atom. The van der Waals surface area contributed by atoms with Crippen LogP contribution in [0.3, 0.4) is 0 Å². The summed E-state index contributed by atoms with van der Waals surface area (Å²) in [4.78, 5) is 12.8. The molecule has 0 aromatic heterocycles. The fraction of sp³-hybridized carbons (Fsp3) is 0.417. The van der Waals surface area contributed by atoms with Gasteiger partial charge in [0.1, 0.15) is 0 Å². The van der Waals surface area contributed by atoms with Crippen molar-refractivity contribution in [2.75, 3.05) is 29.9 Å². The van der Waals surface area contributed by atoms with Crippen molar-refractivity contribution in [3.63, 3.8) is 0 Å². The number of aliphatic carboxylic acids is 1. The van der Waals surface area contributed by atoms with Gasteiger partial charge >= 0.3 is 5.97 Å². The van der Waals surface area contributed by atoms with Crippen LogP contribution in [0.4, 0.5) is 11.4 Å². The number of halogens is 1. The molecule has 4 nitrogen and oxygen atoms in total. The molecular weight excluding hydrogens is 284 g/mol. The van der Waals surface area contributed by atoms with E-state index in [0.717, 1.165) is 35.4 Å². The lowest BCUT2D eigenvalue weighted by Gasteiger charge is -2.23. The number of anilines is 2. The molecule has 0 atom stereocenters. The Bertz CT molecular complexity index is 423.